The summed E-state index contributed by atoms with van der Waals surface area (Å²) < 4.78 is 35.4. The lowest BCUT2D eigenvalue weighted by Crippen LogP contribution is -2.34. The fourth-order valence-electron chi connectivity index (χ4n) is 1.32. The summed E-state index contributed by atoms with van der Waals surface area (Å²) in [6, 6.07) is 2.70. The Morgan fingerprint density at radius 1 is 1.19 bits per heavy atom. The monoisotopic (exact) mass is 301 g/mol. The number of alkyl carbamates (subject to hydrolysis) is 1. The predicted molar refractivity (Wildman–Crippen MR) is 70.9 cm³/mol. The zero-order valence-electron chi connectivity index (χ0n) is 12.0. The van der Waals surface area contributed by atoms with Gasteiger partial charge in [0, 0.05) is 0 Å². The Kier molecular flexibility index (Phi) is 5.63. The van der Waals surface area contributed by atoms with Crippen molar-refractivity contribution < 1.29 is 27.8 Å². The van der Waals surface area contributed by atoms with E-state index in [0.717, 1.165) is 18.2 Å². The molecule has 1 aromatic rings. The van der Waals surface area contributed by atoms with E-state index in [4.69, 9.17) is 9.47 Å². The van der Waals surface area contributed by atoms with E-state index < -0.39 is 29.3 Å². The number of carbonyl (C=O) groups is 2. The van der Waals surface area contributed by atoms with E-state index in [2.05, 4.69) is 5.32 Å². The largest absolute Gasteiger partial charge is 0.460 e. The minimum Gasteiger partial charge on any atom is -0.460 e. The van der Waals surface area contributed by atoms with Crippen molar-refractivity contribution in [2.24, 2.45) is 0 Å². The number of benzene rings is 1. The highest BCUT2D eigenvalue weighted by Crippen LogP contribution is 2.09. The van der Waals surface area contributed by atoms with Crippen LogP contribution < -0.4 is 5.32 Å². The normalized spacial score (nSPS) is 10.9. The Bertz CT molecular complexity index is 526. The summed E-state index contributed by atoms with van der Waals surface area (Å²) in [4.78, 5) is 22.8. The molecular formula is C14H17F2NO4. The molecule has 0 atom stereocenters. The van der Waals surface area contributed by atoms with E-state index in [0.29, 0.717) is 0 Å². The minimum absolute atomic E-state index is 0.0460. The van der Waals surface area contributed by atoms with Gasteiger partial charge in [0.15, 0.2) is 11.6 Å². The second kappa shape index (κ2) is 7.01. The number of hydrogen-bond donors (Lipinski definition) is 1. The molecule has 0 radical (unpaired) electrons. The van der Waals surface area contributed by atoms with Crippen molar-refractivity contribution in [3.63, 3.8) is 0 Å². The summed E-state index contributed by atoms with van der Waals surface area (Å²) in [7, 11) is 0. The van der Waals surface area contributed by atoms with Gasteiger partial charge in [0.1, 0.15) is 12.2 Å². The quantitative estimate of drug-likeness (QED) is 0.686. The summed E-state index contributed by atoms with van der Waals surface area (Å²) in [6.45, 7) is 5.09. The fourth-order valence-corrected chi connectivity index (χ4v) is 1.32. The van der Waals surface area contributed by atoms with Crippen LogP contribution in [-0.2, 0) is 9.47 Å². The van der Waals surface area contributed by atoms with Crippen molar-refractivity contribution in [3.05, 3.63) is 35.4 Å². The van der Waals surface area contributed by atoms with Crippen molar-refractivity contribution in [1.29, 1.82) is 0 Å². The van der Waals surface area contributed by atoms with Crippen LogP contribution in [0, 0.1) is 11.6 Å². The van der Waals surface area contributed by atoms with Gasteiger partial charge in [0.2, 0.25) is 0 Å². The van der Waals surface area contributed by atoms with Gasteiger partial charge in [-0.15, -0.1) is 0 Å². The third-order valence-corrected chi connectivity index (χ3v) is 2.16. The number of esters is 1. The zero-order chi connectivity index (χ0) is 16.0. The molecule has 1 aromatic carbocycles. The molecule has 0 spiro atoms. The third kappa shape index (κ3) is 6.20. The molecule has 0 unspecified atom stereocenters. The average molecular weight is 301 g/mol. The van der Waals surface area contributed by atoms with Crippen LogP contribution in [0.25, 0.3) is 0 Å². The summed E-state index contributed by atoms with van der Waals surface area (Å²) >= 11 is 0. The summed E-state index contributed by atoms with van der Waals surface area (Å²) in [6.07, 6.45) is -0.633. The van der Waals surface area contributed by atoms with Crippen molar-refractivity contribution in [3.8, 4) is 0 Å². The highest BCUT2D eigenvalue weighted by molar-refractivity contribution is 5.89. The predicted octanol–water partition coefficient (Wildman–Crippen LogP) is 2.65. The van der Waals surface area contributed by atoms with Gasteiger partial charge in [-0.25, -0.2) is 18.4 Å². The molecule has 21 heavy (non-hydrogen) atoms. The number of rotatable bonds is 4. The van der Waals surface area contributed by atoms with Crippen molar-refractivity contribution in [1.82, 2.24) is 5.32 Å². The summed E-state index contributed by atoms with van der Waals surface area (Å²) in [5, 5.41) is 2.39. The van der Waals surface area contributed by atoms with Crippen molar-refractivity contribution in [2.75, 3.05) is 13.2 Å². The van der Waals surface area contributed by atoms with Crippen molar-refractivity contribution in [2.45, 2.75) is 26.4 Å². The lowest BCUT2D eigenvalue weighted by molar-refractivity contribution is 0.0433. The van der Waals surface area contributed by atoms with Crippen LogP contribution in [0.5, 0.6) is 0 Å². The zero-order valence-corrected chi connectivity index (χ0v) is 12.0. The van der Waals surface area contributed by atoms with Crippen molar-refractivity contribution >= 4 is 12.1 Å². The van der Waals surface area contributed by atoms with Crippen LogP contribution >= 0.6 is 0 Å². The SMILES string of the molecule is CC(C)(C)OC(=O)NCCOC(=O)c1ccc(F)c(F)c1. The number of hydrogen-bond acceptors (Lipinski definition) is 4. The van der Waals surface area contributed by atoms with Gasteiger partial charge in [-0.1, -0.05) is 0 Å². The Morgan fingerprint density at radius 2 is 1.86 bits per heavy atom. The molecule has 0 aliphatic rings. The molecule has 1 N–H and O–H groups in total. The molecule has 0 aliphatic carbocycles. The minimum atomic E-state index is -1.13. The first-order valence-corrected chi connectivity index (χ1v) is 6.28. The van der Waals surface area contributed by atoms with E-state index in [9.17, 15) is 18.4 Å². The van der Waals surface area contributed by atoms with Gasteiger partial charge < -0.3 is 14.8 Å². The lowest BCUT2D eigenvalue weighted by atomic mass is 10.2. The van der Waals surface area contributed by atoms with E-state index in [1.807, 2.05) is 0 Å². The molecule has 0 aromatic heterocycles. The summed E-state index contributed by atoms with van der Waals surface area (Å²) in [5.41, 5.74) is -0.724. The Morgan fingerprint density at radius 3 is 2.43 bits per heavy atom. The molecule has 5 nitrogen and oxygen atoms in total. The number of ether oxygens (including phenoxy) is 2. The number of nitrogens with one attached hydrogen (secondary N) is 1. The molecule has 7 heteroatoms. The first-order chi connectivity index (χ1) is 9.69. The third-order valence-electron chi connectivity index (χ3n) is 2.16. The molecule has 1 rings (SSSR count). The van der Waals surface area contributed by atoms with E-state index in [1.165, 1.54) is 0 Å². The molecule has 0 bridgehead atoms. The Labute approximate surface area is 121 Å². The van der Waals surface area contributed by atoms with Crippen LogP contribution in [0.15, 0.2) is 18.2 Å². The lowest BCUT2D eigenvalue weighted by Gasteiger charge is -2.19. The van der Waals surface area contributed by atoms with E-state index in [1.54, 1.807) is 20.8 Å². The van der Waals surface area contributed by atoms with Crippen LogP contribution in [-0.4, -0.2) is 30.8 Å². The second-order valence-electron chi connectivity index (χ2n) is 5.19. The highest BCUT2D eigenvalue weighted by Gasteiger charge is 2.16. The van der Waals surface area contributed by atoms with Gasteiger partial charge >= 0.3 is 12.1 Å². The average Bonchev–Trinajstić information content (AvgIpc) is 2.35. The van der Waals surface area contributed by atoms with E-state index >= 15 is 0 Å². The molecule has 0 fully saturated rings. The number of carbonyl (C=O) groups excluding carboxylic acids is 2. The van der Waals surface area contributed by atoms with Crippen LogP contribution in [0.4, 0.5) is 13.6 Å². The maximum absolute atomic E-state index is 12.9. The molecular weight excluding hydrogens is 284 g/mol. The Balaban J connectivity index is 2.34. The first-order valence-electron chi connectivity index (χ1n) is 6.28. The van der Waals surface area contributed by atoms with Gasteiger partial charge in [-0.3, -0.25) is 0 Å². The van der Waals surface area contributed by atoms with Gasteiger partial charge in [0.05, 0.1) is 12.1 Å². The van der Waals surface area contributed by atoms with Gasteiger partial charge in [-0.05, 0) is 39.0 Å². The first kappa shape index (κ1) is 16.9. The molecule has 1 amide bonds. The molecule has 116 valence electrons. The number of halogens is 2. The van der Waals surface area contributed by atoms with Crippen LogP contribution in [0.1, 0.15) is 31.1 Å². The number of amides is 1. The molecule has 0 aliphatic heterocycles. The Hall–Kier alpha value is -2.18. The molecule has 0 heterocycles. The summed E-state index contributed by atoms with van der Waals surface area (Å²) in [5.74, 6) is -2.98. The van der Waals surface area contributed by atoms with Crippen LogP contribution in [0.3, 0.4) is 0 Å². The standard InChI is InChI=1S/C14H17F2NO4/c1-14(2,3)21-13(19)17-6-7-20-12(18)9-4-5-10(15)11(16)8-9/h4-5,8H,6-7H2,1-3H3,(H,17,19). The highest BCUT2D eigenvalue weighted by atomic mass is 19.2. The smallest absolute Gasteiger partial charge is 0.407 e. The van der Waals surface area contributed by atoms with E-state index in [-0.39, 0.29) is 18.7 Å². The fraction of sp³-hybridized carbons (Fsp3) is 0.429. The molecule has 0 saturated heterocycles. The maximum Gasteiger partial charge on any atom is 0.407 e. The van der Waals surface area contributed by atoms with Gasteiger partial charge in [-0.2, -0.15) is 0 Å². The van der Waals surface area contributed by atoms with Crippen LogP contribution in [0.2, 0.25) is 0 Å². The maximum atomic E-state index is 12.9. The topological polar surface area (TPSA) is 64.6 Å². The molecule has 0 saturated carbocycles. The van der Waals surface area contributed by atoms with Gasteiger partial charge in [0.25, 0.3) is 0 Å². The second-order valence-corrected chi connectivity index (χ2v) is 5.19.